The normalized spacial score (nSPS) is 11.0. The van der Waals surface area contributed by atoms with Crippen molar-refractivity contribution in [2.75, 3.05) is 12.3 Å². The molecule has 0 spiro atoms. The summed E-state index contributed by atoms with van der Waals surface area (Å²) in [5.74, 6) is 0.934. The highest BCUT2D eigenvalue weighted by atomic mass is 32.2. The van der Waals surface area contributed by atoms with Crippen LogP contribution in [0.5, 0.6) is 0 Å². The zero-order chi connectivity index (χ0) is 8.97. The lowest BCUT2D eigenvalue weighted by Gasteiger charge is -2.09. The van der Waals surface area contributed by atoms with Crippen LogP contribution in [0.3, 0.4) is 0 Å². The van der Waals surface area contributed by atoms with E-state index in [1.807, 2.05) is 12.4 Å². The second-order valence-electron chi connectivity index (χ2n) is 2.85. The van der Waals surface area contributed by atoms with Crippen molar-refractivity contribution in [2.45, 2.75) is 25.0 Å². The van der Waals surface area contributed by atoms with Crippen LogP contribution in [0.4, 0.5) is 0 Å². The molecular weight excluding hydrogens is 170 g/mol. The molecule has 3 nitrogen and oxygen atoms in total. The van der Waals surface area contributed by atoms with E-state index >= 15 is 0 Å². The molecule has 0 atom stereocenters. The lowest BCUT2D eigenvalue weighted by Crippen LogP contribution is -2.05. The summed E-state index contributed by atoms with van der Waals surface area (Å²) in [6.45, 7) is 5.00. The van der Waals surface area contributed by atoms with Gasteiger partial charge in [-0.15, -0.1) is 0 Å². The van der Waals surface area contributed by atoms with Gasteiger partial charge in [-0.05, 0) is 13.8 Å². The molecule has 4 heteroatoms. The first-order chi connectivity index (χ1) is 5.75. The van der Waals surface area contributed by atoms with E-state index in [-0.39, 0.29) is 0 Å². The molecule has 0 radical (unpaired) electrons. The van der Waals surface area contributed by atoms with Gasteiger partial charge in [0.1, 0.15) is 0 Å². The van der Waals surface area contributed by atoms with Crippen molar-refractivity contribution in [3.05, 3.63) is 12.4 Å². The van der Waals surface area contributed by atoms with E-state index in [0.717, 1.165) is 10.9 Å². The van der Waals surface area contributed by atoms with Crippen LogP contribution in [0.15, 0.2) is 17.6 Å². The highest BCUT2D eigenvalue weighted by Crippen LogP contribution is 2.18. The van der Waals surface area contributed by atoms with Crippen LogP contribution >= 0.6 is 11.8 Å². The summed E-state index contributed by atoms with van der Waals surface area (Å²) < 4.78 is 2.15. The maximum Gasteiger partial charge on any atom is 0.168 e. The molecule has 68 valence electrons. The van der Waals surface area contributed by atoms with Crippen molar-refractivity contribution in [1.82, 2.24) is 9.55 Å². The molecule has 1 aromatic heterocycles. The molecule has 2 N–H and O–H groups in total. The Balaban J connectivity index is 2.64. The first kappa shape index (κ1) is 9.61. The molecule has 0 aliphatic carbocycles. The third kappa shape index (κ3) is 2.25. The van der Waals surface area contributed by atoms with E-state index in [0.29, 0.717) is 12.6 Å². The van der Waals surface area contributed by atoms with Gasteiger partial charge in [-0.3, -0.25) is 0 Å². The molecule has 0 unspecified atom stereocenters. The van der Waals surface area contributed by atoms with Crippen LogP contribution in [0.2, 0.25) is 0 Å². The van der Waals surface area contributed by atoms with Crippen molar-refractivity contribution < 1.29 is 0 Å². The SMILES string of the molecule is CC(C)n1ccnc1SCCN. The Morgan fingerprint density at radius 1 is 1.67 bits per heavy atom. The lowest BCUT2D eigenvalue weighted by molar-refractivity contribution is 0.549. The minimum absolute atomic E-state index is 0.479. The van der Waals surface area contributed by atoms with E-state index in [1.54, 1.807) is 11.8 Å². The standard InChI is InChI=1S/C8H15N3S/c1-7(2)11-5-4-10-8(11)12-6-3-9/h4-5,7H,3,6,9H2,1-2H3. The zero-order valence-corrected chi connectivity index (χ0v) is 8.34. The predicted octanol–water partition coefficient (Wildman–Crippen LogP) is 1.51. The monoisotopic (exact) mass is 185 g/mol. The van der Waals surface area contributed by atoms with Gasteiger partial charge in [-0.1, -0.05) is 11.8 Å². The average molecular weight is 185 g/mol. The number of imidazole rings is 1. The topological polar surface area (TPSA) is 43.8 Å². The molecular formula is C8H15N3S. The summed E-state index contributed by atoms with van der Waals surface area (Å²) in [5.41, 5.74) is 5.41. The van der Waals surface area contributed by atoms with Crippen molar-refractivity contribution in [3.63, 3.8) is 0 Å². The Morgan fingerprint density at radius 2 is 2.42 bits per heavy atom. The van der Waals surface area contributed by atoms with Gasteiger partial charge in [-0.25, -0.2) is 4.98 Å². The van der Waals surface area contributed by atoms with Crippen LogP contribution in [-0.2, 0) is 0 Å². The summed E-state index contributed by atoms with van der Waals surface area (Å²) in [7, 11) is 0. The third-order valence-electron chi connectivity index (χ3n) is 1.54. The van der Waals surface area contributed by atoms with E-state index in [4.69, 9.17) is 5.73 Å². The van der Waals surface area contributed by atoms with Gasteiger partial charge < -0.3 is 10.3 Å². The summed E-state index contributed by atoms with van der Waals surface area (Å²) >= 11 is 1.71. The van der Waals surface area contributed by atoms with Gasteiger partial charge in [0.15, 0.2) is 5.16 Å². The molecule has 0 saturated heterocycles. The molecule has 0 aliphatic heterocycles. The van der Waals surface area contributed by atoms with E-state index in [2.05, 4.69) is 23.4 Å². The number of nitrogens with two attached hydrogens (primary N) is 1. The van der Waals surface area contributed by atoms with Crippen molar-refractivity contribution >= 4 is 11.8 Å². The molecule has 1 rings (SSSR count). The highest BCUT2D eigenvalue weighted by Gasteiger charge is 2.04. The number of nitrogens with zero attached hydrogens (tertiary/aromatic N) is 2. The second-order valence-corrected chi connectivity index (χ2v) is 3.91. The number of hydrogen-bond donors (Lipinski definition) is 1. The lowest BCUT2D eigenvalue weighted by atomic mass is 10.4. The first-order valence-electron chi connectivity index (χ1n) is 4.11. The summed E-state index contributed by atoms with van der Waals surface area (Å²) in [5, 5.41) is 1.07. The summed E-state index contributed by atoms with van der Waals surface area (Å²) in [6.07, 6.45) is 3.84. The maximum absolute atomic E-state index is 5.41. The van der Waals surface area contributed by atoms with Crippen LogP contribution in [-0.4, -0.2) is 21.8 Å². The van der Waals surface area contributed by atoms with Gasteiger partial charge in [-0.2, -0.15) is 0 Å². The van der Waals surface area contributed by atoms with Crippen molar-refractivity contribution in [1.29, 1.82) is 0 Å². The Hall–Kier alpha value is -0.480. The van der Waals surface area contributed by atoms with Crippen molar-refractivity contribution in [3.8, 4) is 0 Å². The molecule has 1 heterocycles. The average Bonchev–Trinajstić information content (AvgIpc) is 2.48. The highest BCUT2D eigenvalue weighted by molar-refractivity contribution is 7.99. The van der Waals surface area contributed by atoms with E-state index in [9.17, 15) is 0 Å². The Morgan fingerprint density at radius 3 is 3.00 bits per heavy atom. The van der Waals surface area contributed by atoms with Crippen molar-refractivity contribution in [2.24, 2.45) is 5.73 Å². The van der Waals surface area contributed by atoms with Crippen LogP contribution in [0.25, 0.3) is 0 Å². The number of rotatable bonds is 4. The number of hydrogen-bond acceptors (Lipinski definition) is 3. The van der Waals surface area contributed by atoms with E-state index in [1.165, 1.54) is 0 Å². The minimum Gasteiger partial charge on any atom is -0.330 e. The Labute approximate surface area is 77.4 Å². The molecule has 0 aromatic carbocycles. The Kier molecular flexibility index (Phi) is 3.62. The van der Waals surface area contributed by atoms with Gasteiger partial charge in [0.05, 0.1) is 0 Å². The molecule has 0 amide bonds. The number of thioether (sulfide) groups is 1. The number of aromatic nitrogens is 2. The third-order valence-corrected chi connectivity index (χ3v) is 2.55. The fraction of sp³-hybridized carbons (Fsp3) is 0.625. The van der Waals surface area contributed by atoms with Gasteiger partial charge in [0.25, 0.3) is 0 Å². The minimum atomic E-state index is 0.479. The molecule has 0 aliphatic rings. The molecule has 1 aromatic rings. The summed E-state index contributed by atoms with van der Waals surface area (Å²) in [6, 6.07) is 0.479. The first-order valence-corrected chi connectivity index (χ1v) is 5.10. The van der Waals surface area contributed by atoms with Gasteiger partial charge >= 0.3 is 0 Å². The summed E-state index contributed by atoms with van der Waals surface area (Å²) in [4.78, 5) is 4.25. The fourth-order valence-electron chi connectivity index (χ4n) is 0.954. The van der Waals surface area contributed by atoms with Crippen LogP contribution < -0.4 is 5.73 Å². The van der Waals surface area contributed by atoms with Crippen LogP contribution in [0.1, 0.15) is 19.9 Å². The smallest absolute Gasteiger partial charge is 0.168 e. The fourth-order valence-corrected chi connectivity index (χ4v) is 1.81. The van der Waals surface area contributed by atoms with Crippen LogP contribution in [0, 0.1) is 0 Å². The quantitative estimate of drug-likeness (QED) is 0.723. The molecule has 0 bridgehead atoms. The second kappa shape index (κ2) is 4.52. The zero-order valence-electron chi connectivity index (χ0n) is 7.53. The van der Waals surface area contributed by atoms with Gasteiger partial charge in [0.2, 0.25) is 0 Å². The largest absolute Gasteiger partial charge is 0.330 e. The predicted molar refractivity (Wildman–Crippen MR) is 52.4 cm³/mol. The molecule has 0 saturated carbocycles. The molecule has 0 fully saturated rings. The Bertz CT molecular complexity index is 232. The van der Waals surface area contributed by atoms with E-state index < -0.39 is 0 Å². The maximum atomic E-state index is 5.41. The molecule has 12 heavy (non-hydrogen) atoms. The van der Waals surface area contributed by atoms with Gasteiger partial charge in [0, 0.05) is 30.7 Å².